The minimum absolute atomic E-state index is 0.221. The van der Waals surface area contributed by atoms with E-state index in [-0.39, 0.29) is 6.04 Å². The largest absolute Gasteiger partial charge is 0.481 e. The summed E-state index contributed by atoms with van der Waals surface area (Å²) in [5.74, 6) is -1.37. The molecule has 0 radical (unpaired) electrons. The van der Waals surface area contributed by atoms with E-state index in [1.807, 2.05) is 13.8 Å². The van der Waals surface area contributed by atoms with Crippen molar-refractivity contribution < 1.29 is 9.90 Å². The molecule has 5 heteroatoms. The van der Waals surface area contributed by atoms with Gasteiger partial charge in [0, 0.05) is 11.6 Å². The van der Waals surface area contributed by atoms with Crippen LogP contribution < -0.4 is 0 Å². The molecule has 0 saturated carbocycles. The first kappa shape index (κ1) is 11.2. The highest BCUT2D eigenvalue weighted by molar-refractivity contribution is 9.10. The molecule has 0 aliphatic rings. The van der Waals surface area contributed by atoms with Crippen LogP contribution in [0.5, 0.6) is 0 Å². The molecule has 1 aromatic heterocycles. The maximum Gasteiger partial charge on any atom is 0.310 e. The van der Waals surface area contributed by atoms with Crippen LogP contribution in [0.1, 0.15) is 38.3 Å². The third-order valence-corrected chi connectivity index (χ3v) is 2.91. The van der Waals surface area contributed by atoms with Crippen LogP contribution in [0.4, 0.5) is 0 Å². The lowest BCUT2D eigenvalue weighted by Crippen LogP contribution is -2.08. The molecule has 1 heterocycles. The van der Waals surface area contributed by atoms with Gasteiger partial charge in [0.15, 0.2) is 0 Å². The summed E-state index contributed by atoms with van der Waals surface area (Å²) in [6.45, 7) is 5.63. The van der Waals surface area contributed by atoms with Gasteiger partial charge in [0.25, 0.3) is 0 Å². The summed E-state index contributed by atoms with van der Waals surface area (Å²) in [5.41, 5.74) is 0.714. The summed E-state index contributed by atoms with van der Waals surface area (Å²) in [7, 11) is 0. The lowest BCUT2D eigenvalue weighted by atomic mass is 10.1. The quantitative estimate of drug-likeness (QED) is 0.908. The molecule has 1 N–H and O–H groups in total. The highest BCUT2D eigenvalue weighted by Crippen LogP contribution is 2.26. The lowest BCUT2D eigenvalue weighted by Gasteiger charge is -2.08. The number of aromatic nitrogens is 2. The Balaban J connectivity index is 3.06. The molecule has 1 aromatic rings. The zero-order valence-corrected chi connectivity index (χ0v) is 9.95. The number of rotatable bonds is 3. The van der Waals surface area contributed by atoms with Gasteiger partial charge >= 0.3 is 5.97 Å². The van der Waals surface area contributed by atoms with Crippen molar-refractivity contribution >= 4 is 21.9 Å². The van der Waals surface area contributed by atoms with Gasteiger partial charge in [0.2, 0.25) is 0 Å². The predicted molar refractivity (Wildman–Crippen MR) is 56.4 cm³/mol. The normalized spacial score (nSPS) is 13.2. The minimum Gasteiger partial charge on any atom is -0.481 e. The summed E-state index contributed by atoms with van der Waals surface area (Å²) < 4.78 is 2.51. The van der Waals surface area contributed by atoms with Crippen LogP contribution in [0.25, 0.3) is 0 Å². The number of carboxylic acids is 1. The van der Waals surface area contributed by atoms with Gasteiger partial charge in [0.1, 0.15) is 4.60 Å². The lowest BCUT2D eigenvalue weighted by molar-refractivity contribution is -0.138. The van der Waals surface area contributed by atoms with E-state index in [0.29, 0.717) is 5.56 Å². The van der Waals surface area contributed by atoms with E-state index in [9.17, 15) is 4.79 Å². The Morgan fingerprint density at radius 1 is 1.57 bits per heavy atom. The molecule has 1 rings (SSSR count). The maximum absolute atomic E-state index is 10.8. The molecule has 0 bridgehead atoms. The van der Waals surface area contributed by atoms with Crippen LogP contribution in [-0.4, -0.2) is 20.9 Å². The fourth-order valence-electron chi connectivity index (χ4n) is 1.14. The van der Waals surface area contributed by atoms with Crippen molar-refractivity contribution in [1.82, 2.24) is 9.78 Å². The molecule has 4 nitrogen and oxygen atoms in total. The average molecular weight is 261 g/mol. The first-order valence-electron chi connectivity index (χ1n) is 4.40. The topological polar surface area (TPSA) is 55.1 Å². The monoisotopic (exact) mass is 260 g/mol. The number of hydrogen-bond donors (Lipinski definition) is 1. The smallest absolute Gasteiger partial charge is 0.310 e. The van der Waals surface area contributed by atoms with Crippen molar-refractivity contribution in [1.29, 1.82) is 0 Å². The van der Waals surface area contributed by atoms with Crippen molar-refractivity contribution in [3.05, 3.63) is 16.4 Å². The summed E-state index contributed by atoms with van der Waals surface area (Å²) in [6.07, 6.45) is 1.60. The molecule has 0 amide bonds. The van der Waals surface area contributed by atoms with Crippen molar-refractivity contribution in [3.8, 4) is 0 Å². The third kappa shape index (κ3) is 1.97. The maximum atomic E-state index is 10.8. The third-order valence-electron chi connectivity index (χ3n) is 2.09. The zero-order valence-electron chi connectivity index (χ0n) is 8.36. The van der Waals surface area contributed by atoms with Crippen LogP contribution in [0.2, 0.25) is 0 Å². The highest BCUT2D eigenvalue weighted by Gasteiger charge is 2.20. The van der Waals surface area contributed by atoms with Crippen LogP contribution in [-0.2, 0) is 4.79 Å². The Labute approximate surface area is 91.1 Å². The van der Waals surface area contributed by atoms with Gasteiger partial charge in [0.05, 0.1) is 12.1 Å². The van der Waals surface area contributed by atoms with Crippen molar-refractivity contribution in [2.45, 2.75) is 32.7 Å². The van der Waals surface area contributed by atoms with E-state index < -0.39 is 11.9 Å². The Kier molecular flexibility index (Phi) is 3.31. The summed E-state index contributed by atoms with van der Waals surface area (Å²) in [4.78, 5) is 10.8. The number of aliphatic carboxylic acids is 1. The number of carbonyl (C=O) groups is 1. The Hall–Kier alpha value is -0.840. The van der Waals surface area contributed by atoms with Crippen molar-refractivity contribution in [3.63, 3.8) is 0 Å². The molecule has 14 heavy (non-hydrogen) atoms. The minimum atomic E-state index is -0.839. The fourth-order valence-corrected chi connectivity index (χ4v) is 2.09. The first-order valence-corrected chi connectivity index (χ1v) is 5.20. The average Bonchev–Trinajstić information content (AvgIpc) is 2.45. The second kappa shape index (κ2) is 4.13. The molecule has 0 aromatic carbocycles. The van der Waals surface area contributed by atoms with E-state index in [0.717, 1.165) is 4.60 Å². The van der Waals surface area contributed by atoms with E-state index in [1.54, 1.807) is 17.8 Å². The number of hydrogen-bond acceptors (Lipinski definition) is 2. The summed E-state index contributed by atoms with van der Waals surface area (Å²) in [5, 5.41) is 13.0. The Bertz CT molecular complexity index is 347. The van der Waals surface area contributed by atoms with Gasteiger partial charge in [-0.05, 0) is 36.7 Å². The predicted octanol–water partition coefficient (Wildman–Crippen LogP) is 2.41. The van der Waals surface area contributed by atoms with Crippen molar-refractivity contribution in [2.24, 2.45) is 0 Å². The van der Waals surface area contributed by atoms with Crippen LogP contribution in [0, 0.1) is 0 Å². The van der Waals surface area contributed by atoms with Gasteiger partial charge < -0.3 is 5.11 Å². The molecular weight excluding hydrogens is 248 g/mol. The van der Waals surface area contributed by atoms with Crippen LogP contribution in [0.15, 0.2) is 10.8 Å². The number of carboxylic acid groups (broad SMARTS) is 1. The van der Waals surface area contributed by atoms with Crippen LogP contribution in [0.3, 0.4) is 0 Å². The Morgan fingerprint density at radius 3 is 2.50 bits per heavy atom. The summed E-state index contributed by atoms with van der Waals surface area (Å²) >= 11 is 3.36. The van der Waals surface area contributed by atoms with Crippen molar-refractivity contribution in [2.75, 3.05) is 0 Å². The molecular formula is C9H13BrN2O2. The molecule has 78 valence electrons. The molecule has 0 spiro atoms. The van der Waals surface area contributed by atoms with Gasteiger partial charge in [-0.25, -0.2) is 0 Å². The second-order valence-corrected chi connectivity index (χ2v) is 4.24. The molecule has 1 atom stereocenters. The number of nitrogens with zero attached hydrogens (tertiary/aromatic N) is 2. The second-order valence-electron chi connectivity index (χ2n) is 3.49. The fraction of sp³-hybridized carbons (Fsp3) is 0.556. The van der Waals surface area contributed by atoms with E-state index in [2.05, 4.69) is 21.0 Å². The zero-order chi connectivity index (χ0) is 10.9. The molecule has 1 unspecified atom stereocenters. The SMILES string of the molecule is CC(C(=O)O)c1cnn(C(C)C)c1Br. The van der Waals surface area contributed by atoms with Gasteiger partial charge in [-0.1, -0.05) is 0 Å². The van der Waals surface area contributed by atoms with Gasteiger partial charge in [-0.15, -0.1) is 0 Å². The van der Waals surface area contributed by atoms with E-state index >= 15 is 0 Å². The van der Waals surface area contributed by atoms with Gasteiger partial charge in [-0.2, -0.15) is 5.10 Å². The number of halogens is 1. The van der Waals surface area contributed by atoms with E-state index in [1.165, 1.54) is 0 Å². The molecule has 0 saturated heterocycles. The van der Waals surface area contributed by atoms with Gasteiger partial charge in [-0.3, -0.25) is 9.48 Å². The summed E-state index contributed by atoms with van der Waals surface area (Å²) in [6, 6.07) is 0.221. The molecule has 0 aliphatic carbocycles. The molecule has 0 aliphatic heterocycles. The molecule has 0 fully saturated rings. The first-order chi connectivity index (χ1) is 6.45. The Morgan fingerprint density at radius 2 is 2.14 bits per heavy atom. The van der Waals surface area contributed by atoms with Crippen LogP contribution >= 0.6 is 15.9 Å². The standard InChI is InChI=1S/C9H13BrN2O2/c1-5(2)12-8(10)7(4-11-12)6(3)9(13)14/h4-6H,1-3H3,(H,13,14). The highest BCUT2D eigenvalue weighted by atomic mass is 79.9. The van der Waals surface area contributed by atoms with E-state index in [4.69, 9.17) is 5.11 Å².